The zero-order valence-electron chi connectivity index (χ0n) is 12.0. The normalized spacial score (nSPS) is 10.8. The molecule has 0 atom stereocenters. The Balaban J connectivity index is 2.42. The number of aliphatic carboxylic acids is 1. The van der Waals surface area contributed by atoms with Crippen molar-refractivity contribution in [1.82, 2.24) is 10.2 Å². The van der Waals surface area contributed by atoms with E-state index in [1.54, 1.807) is 4.90 Å². The molecular formula is C15H22N2O3. The van der Waals surface area contributed by atoms with Crippen molar-refractivity contribution in [1.29, 1.82) is 0 Å². The predicted octanol–water partition coefficient (Wildman–Crippen LogP) is 1.35. The lowest BCUT2D eigenvalue weighted by atomic mass is 10.2. The average molecular weight is 278 g/mol. The number of rotatable bonds is 8. The number of nitrogens with zero attached hydrogens (tertiary/aromatic N) is 1. The second kappa shape index (κ2) is 8.32. The van der Waals surface area contributed by atoms with Gasteiger partial charge in [0.1, 0.15) is 0 Å². The Morgan fingerprint density at radius 3 is 2.40 bits per heavy atom. The van der Waals surface area contributed by atoms with Crippen LogP contribution in [0.2, 0.25) is 0 Å². The van der Waals surface area contributed by atoms with Crippen molar-refractivity contribution in [3.05, 3.63) is 35.9 Å². The average Bonchev–Trinajstić information content (AvgIpc) is 2.36. The number of carbonyl (C=O) groups excluding carboxylic acids is 1. The lowest BCUT2D eigenvalue weighted by molar-refractivity contribution is -0.138. The molecular weight excluding hydrogens is 256 g/mol. The van der Waals surface area contributed by atoms with Gasteiger partial charge in [-0.15, -0.1) is 0 Å². The number of hydrogen-bond acceptors (Lipinski definition) is 3. The standard InChI is InChI=1S/C15H22N2O3/c1-12(2)9-17(11-15(19)20)10-14(18)16-8-13-6-4-3-5-7-13/h3-7,12H,8-11H2,1-2H3,(H,16,18)(H,19,20). The summed E-state index contributed by atoms with van der Waals surface area (Å²) in [4.78, 5) is 24.3. The first-order valence-corrected chi connectivity index (χ1v) is 6.72. The van der Waals surface area contributed by atoms with Gasteiger partial charge in [0.15, 0.2) is 0 Å². The van der Waals surface area contributed by atoms with E-state index in [-0.39, 0.29) is 19.0 Å². The number of carbonyl (C=O) groups is 2. The smallest absolute Gasteiger partial charge is 0.317 e. The van der Waals surface area contributed by atoms with Crippen LogP contribution < -0.4 is 5.32 Å². The summed E-state index contributed by atoms with van der Waals surface area (Å²) in [6.07, 6.45) is 0. The molecule has 0 radical (unpaired) electrons. The van der Waals surface area contributed by atoms with Crippen molar-refractivity contribution in [2.45, 2.75) is 20.4 Å². The fourth-order valence-electron chi connectivity index (χ4n) is 1.95. The molecule has 0 aliphatic heterocycles. The van der Waals surface area contributed by atoms with Crippen molar-refractivity contribution >= 4 is 11.9 Å². The van der Waals surface area contributed by atoms with E-state index in [0.29, 0.717) is 19.0 Å². The second-order valence-electron chi connectivity index (χ2n) is 5.22. The first kappa shape index (κ1) is 16.2. The highest BCUT2D eigenvalue weighted by Gasteiger charge is 2.15. The number of nitrogens with one attached hydrogen (secondary N) is 1. The van der Waals surface area contributed by atoms with Crippen LogP contribution in [0.3, 0.4) is 0 Å². The third kappa shape index (κ3) is 6.89. The molecule has 1 aromatic rings. The maximum absolute atomic E-state index is 11.8. The molecule has 0 spiro atoms. The van der Waals surface area contributed by atoms with Crippen LogP contribution in [-0.4, -0.2) is 41.5 Å². The molecule has 20 heavy (non-hydrogen) atoms. The van der Waals surface area contributed by atoms with Gasteiger partial charge >= 0.3 is 5.97 Å². The van der Waals surface area contributed by atoms with Crippen molar-refractivity contribution in [3.63, 3.8) is 0 Å². The predicted molar refractivity (Wildman–Crippen MR) is 77.2 cm³/mol. The minimum atomic E-state index is -0.915. The minimum Gasteiger partial charge on any atom is -0.480 e. The molecule has 0 bridgehead atoms. The summed E-state index contributed by atoms with van der Waals surface area (Å²) in [6, 6.07) is 9.61. The summed E-state index contributed by atoms with van der Waals surface area (Å²) in [6.45, 7) is 5.04. The number of benzene rings is 1. The number of carboxylic acids is 1. The molecule has 0 aliphatic carbocycles. The Labute approximate surface area is 119 Å². The summed E-state index contributed by atoms with van der Waals surface area (Å²) in [5.41, 5.74) is 1.02. The molecule has 0 aromatic heterocycles. The lowest BCUT2D eigenvalue weighted by Gasteiger charge is -2.21. The monoisotopic (exact) mass is 278 g/mol. The number of amides is 1. The Hall–Kier alpha value is -1.88. The van der Waals surface area contributed by atoms with Gasteiger partial charge in [0.25, 0.3) is 0 Å². The molecule has 0 fully saturated rings. The van der Waals surface area contributed by atoms with Gasteiger partial charge in [0.2, 0.25) is 5.91 Å². The Morgan fingerprint density at radius 2 is 1.85 bits per heavy atom. The number of hydrogen-bond donors (Lipinski definition) is 2. The fraction of sp³-hybridized carbons (Fsp3) is 0.467. The topological polar surface area (TPSA) is 69.6 Å². The van der Waals surface area contributed by atoms with Gasteiger partial charge in [-0.2, -0.15) is 0 Å². The maximum atomic E-state index is 11.8. The van der Waals surface area contributed by atoms with Crippen LogP contribution in [0.25, 0.3) is 0 Å². The summed E-state index contributed by atoms with van der Waals surface area (Å²) in [5, 5.41) is 11.6. The van der Waals surface area contributed by atoms with Crippen LogP contribution in [0.4, 0.5) is 0 Å². The number of carboxylic acid groups (broad SMARTS) is 1. The van der Waals surface area contributed by atoms with Gasteiger partial charge in [-0.1, -0.05) is 44.2 Å². The van der Waals surface area contributed by atoms with E-state index in [1.165, 1.54) is 0 Å². The minimum absolute atomic E-state index is 0.108. The Morgan fingerprint density at radius 1 is 1.20 bits per heavy atom. The van der Waals surface area contributed by atoms with Crippen LogP contribution >= 0.6 is 0 Å². The molecule has 5 nitrogen and oxygen atoms in total. The molecule has 0 heterocycles. The van der Waals surface area contributed by atoms with Gasteiger partial charge in [0.05, 0.1) is 13.1 Å². The largest absolute Gasteiger partial charge is 0.480 e. The third-order valence-electron chi connectivity index (χ3n) is 2.68. The molecule has 5 heteroatoms. The van der Waals surface area contributed by atoms with Gasteiger partial charge in [-0.05, 0) is 11.5 Å². The highest BCUT2D eigenvalue weighted by atomic mass is 16.4. The maximum Gasteiger partial charge on any atom is 0.317 e. The van der Waals surface area contributed by atoms with Crippen molar-refractivity contribution in [2.75, 3.05) is 19.6 Å². The molecule has 0 saturated heterocycles. The third-order valence-corrected chi connectivity index (χ3v) is 2.68. The fourth-order valence-corrected chi connectivity index (χ4v) is 1.95. The van der Waals surface area contributed by atoms with Gasteiger partial charge in [-0.3, -0.25) is 14.5 Å². The van der Waals surface area contributed by atoms with Crippen LogP contribution in [0, 0.1) is 5.92 Å². The summed E-state index contributed by atoms with van der Waals surface area (Å²) in [7, 11) is 0. The molecule has 0 saturated carbocycles. The molecule has 110 valence electrons. The molecule has 1 aromatic carbocycles. The van der Waals surface area contributed by atoms with Crippen molar-refractivity contribution < 1.29 is 14.7 Å². The molecule has 1 rings (SSSR count). The van der Waals surface area contributed by atoms with Crippen molar-refractivity contribution in [3.8, 4) is 0 Å². The first-order chi connectivity index (χ1) is 9.47. The van der Waals surface area contributed by atoms with E-state index >= 15 is 0 Å². The highest BCUT2D eigenvalue weighted by molar-refractivity contribution is 5.79. The molecule has 0 unspecified atom stereocenters. The molecule has 0 aliphatic rings. The molecule has 2 N–H and O–H groups in total. The zero-order chi connectivity index (χ0) is 15.0. The Bertz CT molecular complexity index is 432. The van der Waals surface area contributed by atoms with E-state index < -0.39 is 5.97 Å². The van der Waals surface area contributed by atoms with E-state index in [9.17, 15) is 9.59 Å². The van der Waals surface area contributed by atoms with Crippen LogP contribution in [0.15, 0.2) is 30.3 Å². The first-order valence-electron chi connectivity index (χ1n) is 6.72. The zero-order valence-corrected chi connectivity index (χ0v) is 12.0. The van der Waals surface area contributed by atoms with Crippen LogP contribution in [-0.2, 0) is 16.1 Å². The van der Waals surface area contributed by atoms with Gasteiger partial charge in [-0.25, -0.2) is 0 Å². The van der Waals surface area contributed by atoms with Gasteiger partial charge in [0, 0.05) is 13.1 Å². The van der Waals surface area contributed by atoms with Gasteiger partial charge < -0.3 is 10.4 Å². The SMILES string of the molecule is CC(C)CN(CC(=O)O)CC(=O)NCc1ccccc1. The quantitative estimate of drug-likeness (QED) is 0.753. The van der Waals surface area contributed by atoms with Crippen LogP contribution in [0.1, 0.15) is 19.4 Å². The second-order valence-corrected chi connectivity index (χ2v) is 5.22. The summed E-state index contributed by atoms with van der Waals surface area (Å²) < 4.78 is 0. The van der Waals surface area contributed by atoms with Crippen molar-refractivity contribution in [2.24, 2.45) is 5.92 Å². The summed E-state index contributed by atoms with van der Waals surface area (Å²) >= 11 is 0. The van der Waals surface area contributed by atoms with E-state index in [0.717, 1.165) is 5.56 Å². The van der Waals surface area contributed by atoms with E-state index in [1.807, 2.05) is 44.2 Å². The van der Waals surface area contributed by atoms with E-state index in [4.69, 9.17) is 5.11 Å². The summed E-state index contributed by atoms with van der Waals surface area (Å²) in [5.74, 6) is -0.756. The lowest BCUT2D eigenvalue weighted by Crippen LogP contribution is -2.41. The van der Waals surface area contributed by atoms with E-state index in [2.05, 4.69) is 5.32 Å². The Kier molecular flexibility index (Phi) is 6.73. The van der Waals surface area contributed by atoms with Crippen LogP contribution in [0.5, 0.6) is 0 Å². The molecule has 1 amide bonds. The highest BCUT2D eigenvalue weighted by Crippen LogP contribution is 2.00.